The van der Waals surface area contributed by atoms with Crippen molar-refractivity contribution in [3.8, 4) is 67.9 Å². The highest BCUT2D eigenvalue weighted by Gasteiger charge is 2.21. The summed E-state index contributed by atoms with van der Waals surface area (Å²) in [4.78, 5) is 20.3. The Labute approximate surface area is 303 Å². The lowest BCUT2D eigenvalue weighted by atomic mass is 9.99. The van der Waals surface area contributed by atoms with Crippen molar-refractivity contribution in [3.05, 3.63) is 170 Å². The third-order valence-electron chi connectivity index (χ3n) is 9.35. The lowest BCUT2D eigenvalue weighted by Gasteiger charge is -2.11. The summed E-state index contributed by atoms with van der Waals surface area (Å²) in [6.45, 7) is 0. The Hall–Kier alpha value is -6.76. The first-order chi connectivity index (χ1) is 25.7. The summed E-state index contributed by atoms with van der Waals surface area (Å²) in [6.07, 6.45) is 0. The van der Waals surface area contributed by atoms with Gasteiger partial charge in [0.05, 0.1) is 0 Å². The van der Waals surface area contributed by atoms with Crippen molar-refractivity contribution in [2.75, 3.05) is 0 Å². The van der Waals surface area contributed by atoms with Gasteiger partial charge < -0.3 is 4.42 Å². The summed E-state index contributed by atoms with van der Waals surface area (Å²) in [5.74, 6) is 2.43. The second-order valence-corrected chi connectivity index (χ2v) is 13.7. The molecule has 0 N–H and O–H groups in total. The quantitative estimate of drug-likeness (QED) is 0.174. The fourth-order valence-corrected chi connectivity index (χ4v) is 7.99. The summed E-state index contributed by atoms with van der Waals surface area (Å²) < 4.78 is 9.05. The molecule has 0 radical (unpaired) electrons. The third-order valence-corrected chi connectivity index (χ3v) is 10.5. The smallest absolute Gasteiger partial charge is 0.227 e. The Morgan fingerprint density at radius 1 is 0.385 bits per heavy atom. The number of hydrogen-bond donors (Lipinski definition) is 0. The predicted molar refractivity (Wildman–Crippen MR) is 213 cm³/mol. The van der Waals surface area contributed by atoms with Gasteiger partial charge in [0.25, 0.3) is 0 Å². The monoisotopic (exact) mass is 684 g/mol. The summed E-state index contributed by atoms with van der Waals surface area (Å²) in [6, 6.07) is 58.0. The van der Waals surface area contributed by atoms with Crippen LogP contribution in [0.15, 0.2) is 174 Å². The zero-order valence-corrected chi connectivity index (χ0v) is 28.6. The molecular weight excluding hydrogens is 657 g/mol. The van der Waals surface area contributed by atoms with E-state index in [0.29, 0.717) is 23.4 Å². The maximum absolute atomic E-state index is 6.67. The lowest BCUT2D eigenvalue weighted by Crippen LogP contribution is -2.00. The standard InChI is InChI=1S/C46H28N4OS/c1-4-14-29(15-5-1)32-20-12-22-34(26-32)44-48-43(30-16-6-2-7-17-30)49-45(50-44)35-23-13-21-33(27-35)37-28-39-40(36-24-10-11-25-38(36)52-39)41-42(37)51-46(47-41)31-18-8-3-9-19-31/h1-28H. The van der Waals surface area contributed by atoms with Crippen LogP contribution in [0.2, 0.25) is 0 Å². The number of thiophene rings is 1. The van der Waals surface area contributed by atoms with Crippen LogP contribution in [0.3, 0.4) is 0 Å². The second-order valence-electron chi connectivity index (χ2n) is 12.7. The van der Waals surface area contributed by atoms with Crippen molar-refractivity contribution in [1.82, 2.24) is 19.9 Å². The highest BCUT2D eigenvalue weighted by Crippen LogP contribution is 2.44. The molecule has 5 nitrogen and oxygen atoms in total. The molecule has 0 amide bonds. The van der Waals surface area contributed by atoms with Gasteiger partial charge in [-0.1, -0.05) is 133 Å². The van der Waals surface area contributed by atoms with E-state index in [1.807, 2.05) is 66.7 Å². The topological polar surface area (TPSA) is 64.7 Å². The van der Waals surface area contributed by atoms with Gasteiger partial charge in [0.15, 0.2) is 23.1 Å². The van der Waals surface area contributed by atoms with Crippen LogP contribution in [0, 0.1) is 0 Å². The molecule has 7 aromatic carbocycles. The van der Waals surface area contributed by atoms with E-state index in [4.69, 9.17) is 24.4 Å². The molecule has 0 saturated carbocycles. The molecule has 244 valence electrons. The minimum atomic E-state index is 0.595. The van der Waals surface area contributed by atoms with Gasteiger partial charge in [-0.25, -0.2) is 19.9 Å². The average Bonchev–Trinajstić information content (AvgIpc) is 3.84. The minimum Gasteiger partial charge on any atom is -0.435 e. The Morgan fingerprint density at radius 3 is 1.60 bits per heavy atom. The summed E-state index contributed by atoms with van der Waals surface area (Å²) in [5, 5.41) is 2.30. The van der Waals surface area contributed by atoms with Gasteiger partial charge in [-0.05, 0) is 53.1 Å². The molecule has 0 unspecified atom stereocenters. The van der Waals surface area contributed by atoms with Gasteiger partial charge in [-0.3, -0.25) is 0 Å². The minimum absolute atomic E-state index is 0.595. The zero-order chi connectivity index (χ0) is 34.4. The molecule has 10 aromatic rings. The summed E-state index contributed by atoms with van der Waals surface area (Å²) in [5.41, 5.74) is 9.49. The van der Waals surface area contributed by atoms with E-state index in [0.717, 1.165) is 65.7 Å². The largest absolute Gasteiger partial charge is 0.435 e. The first kappa shape index (κ1) is 30.1. The molecule has 3 aromatic heterocycles. The number of aromatic nitrogens is 4. The number of rotatable bonds is 6. The zero-order valence-electron chi connectivity index (χ0n) is 27.8. The number of benzene rings is 7. The number of oxazole rings is 1. The third kappa shape index (κ3) is 5.34. The van der Waals surface area contributed by atoms with Crippen molar-refractivity contribution in [3.63, 3.8) is 0 Å². The van der Waals surface area contributed by atoms with E-state index in [1.165, 1.54) is 10.1 Å². The van der Waals surface area contributed by atoms with E-state index in [1.54, 1.807) is 11.3 Å². The number of fused-ring (bicyclic) bond motifs is 5. The molecule has 0 spiro atoms. The Morgan fingerprint density at radius 2 is 0.904 bits per heavy atom. The number of nitrogens with zero attached hydrogens (tertiary/aromatic N) is 4. The molecule has 0 aliphatic carbocycles. The van der Waals surface area contributed by atoms with Crippen LogP contribution in [-0.4, -0.2) is 19.9 Å². The van der Waals surface area contributed by atoms with Gasteiger partial charge in [0, 0.05) is 48.0 Å². The first-order valence-corrected chi connectivity index (χ1v) is 18.0. The number of hydrogen-bond acceptors (Lipinski definition) is 6. The fourth-order valence-electron chi connectivity index (χ4n) is 6.84. The fraction of sp³-hybridized carbons (Fsp3) is 0. The van der Waals surface area contributed by atoms with E-state index < -0.39 is 0 Å². The van der Waals surface area contributed by atoms with Crippen molar-refractivity contribution in [2.24, 2.45) is 0 Å². The van der Waals surface area contributed by atoms with Crippen LogP contribution >= 0.6 is 11.3 Å². The molecule has 52 heavy (non-hydrogen) atoms. The first-order valence-electron chi connectivity index (χ1n) is 17.1. The van der Waals surface area contributed by atoms with E-state index in [9.17, 15) is 0 Å². The second kappa shape index (κ2) is 12.5. The van der Waals surface area contributed by atoms with Crippen LogP contribution in [0.1, 0.15) is 0 Å². The molecular formula is C46H28N4OS. The highest BCUT2D eigenvalue weighted by atomic mass is 32.1. The van der Waals surface area contributed by atoms with Crippen molar-refractivity contribution >= 4 is 42.6 Å². The average molecular weight is 685 g/mol. The van der Waals surface area contributed by atoms with Crippen LogP contribution in [-0.2, 0) is 0 Å². The van der Waals surface area contributed by atoms with Crippen LogP contribution in [0.5, 0.6) is 0 Å². The molecule has 10 rings (SSSR count). The normalized spacial score (nSPS) is 11.5. The molecule has 0 saturated heterocycles. The molecule has 3 heterocycles. The molecule has 0 aliphatic rings. The van der Waals surface area contributed by atoms with Gasteiger partial charge in [-0.2, -0.15) is 0 Å². The molecule has 0 fully saturated rings. The van der Waals surface area contributed by atoms with E-state index >= 15 is 0 Å². The maximum atomic E-state index is 6.67. The van der Waals surface area contributed by atoms with Crippen LogP contribution < -0.4 is 0 Å². The molecule has 0 aliphatic heterocycles. The maximum Gasteiger partial charge on any atom is 0.227 e. The van der Waals surface area contributed by atoms with Crippen molar-refractivity contribution in [2.45, 2.75) is 0 Å². The van der Waals surface area contributed by atoms with Crippen molar-refractivity contribution < 1.29 is 4.42 Å². The summed E-state index contributed by atoms with van der Waals surface area (Å²) in [7, 11) is 0. The van der Waals surface area contributed by atoms with Gasteiger partial charge in [0.2, 0.25) is 5.89 Å². The predicted octanol–water partition coefficient (Wildman–Crippen LogP) is 12.4. The van der Waals surface area contributed by atoms with Crippen molar-refractivity contribution in [1.29, 1.82) is 0 Å². The Kier molecular flexibility index (Phi) is 7.25. The summed E-state index contributed by atoms with van der Waals surface area (Å²) >= 11 is 1.77. The molecule has 0 bridgehead atoms. The molecule has 6 heteroatoms. The highest BCUT2D eigenvalue weighted by molar-refractivity contribution is 7.26. The van der Waals surface area contributed by atoms with Gasteiger partial charge in [-0.15, -0.1) is 11.3 Å². The van der Waals surface area contributed by atoms with Gasteiger partial charge in [0.1, 0.15) is 5.52 Å². The Bertz CT molecular complexity index is 2900. The SMILES string of the molecule is c1ccc(-c2cccc(-c3nc(-c4ccccc4)nc(-c4cccc(-c5cc6sc7ccccc7c6c6nc(-c7ccccc7)oc56)c4)n3)c2)cc1. The lowest BCUT2D eigenvalue weighted by molar-refractivity contribution is 0.621. The molecule has 0 atom stereocenters. The van der Waals surface area contributed by atoms with Crippen LogP contribution in [0.4, 0.5) is 0 Å². The van der Waals surface area contributed by atoms with E-state index in [-0.39, 0.29) is 0 Å². The van der Waals surface area contributed by atoms with E-state index in [2.05, 4.69) is 103 Å². The van der Waals surface area contributed by atoms with Gasteiger partial charge >= 0.3 is 0 Å². The van der Waals surface area contributed by atoms with Crippen LogP contribution in [0.25, 0.3) is 99.1 Å². The Balaban J connectivity index is 1.16.